The first-order chi connectivity index (χ1) is 18.9. The molecule has 0 aliphatic carbocycles. The number of hydrogen-bond acceptors (Lipinski definition) is 7. The molecule has 1 amide bonds. The van der Waals surface area contributed by atoms with Crippen molar-refractivity contribution in [3.05, 3.63) is 92.4 Å². The van der Waals surface area contributed by atoms with Gasteiger partial charge in [0.05, 0.1) is 24.3 Å². The Labute approximate surface area is 230 Å². The van der Waals surface area contributed by atoms with Crippen molar-refractivity contribution in [3.63, 3.8) is 0 Å². The highest BCUT2D eigenvalue weighted by Crippen LogP contribution is 2.29. The van der Waals surface area contributed by atoms with Crippen LogP contribution in [0.5, 0.6) is 11.5 Å². The Hall–Kier alpha value is -3.86. The fourth-order valence-electron chi connectivity index (χ4n) is 4.50. The Morgan fingerprint density at radius 3 is 2.67 bits per heavy atom. The van der Waals surface area contributed by atoms with E-state index in [2.05, 4.69) is 15.6 Å². The van der Waals surface area contributed by atoms with Gasteiger partial charge in [-0.25, -0.2) is 4.79 Å². The number of nitrogens with one attached hydrogen (secondary N) is 3. The minimum Gasteiger partial charge on any atom is -0.506 e. The van der Waals surface area contributed by atoms with Gasteiger partial charge in [0.2, 0.25) is 5.56 Å². The molecule has 4 rings (SSSR count). The van der Waals surface area contributed by atoms with Gasteiger partial charge in [-0.15, -0.1) is 0 Å². The first kappa shape index (κ1) is 28.2. The number of aromatic hydroxyl groups is 1. The lowest BCUT2D eigenvalue weighted by Crippen LogP contribution is -2.27. The number of carboxylic acid groups (broad SMARTS) is 1. The van der Waals surface area contributed by atoms with E-state index in [9.17, 15) is 24.9 Å². The Balaban J connectivity index is 1.15. The highest BCUT2D eigenvalue weighted by Gasteiger charge is 2.17. The summed E-state index contributed by atoms with van der Waals surface area (Å²) in [5, 5.41) is 40.2. The van der Waals surface area contributed by atoms with E-state index in [-0.39, 0.29) is 11.3 Å². The van der Waals surface area contributed by atoms with Crippen LogP contribution in [0.1, 0.15) is 54.5 Å². The highest BCUT2D eigenvalue weighted by atomic mass is 32.1. The number of benzene rings is 2. The third-order valence-electron chi connectivity index (χ3n) is 6.46. The number of rotatable bonds is 14. The predicted molar refractivity (Wildman–Crippen MR) is 152 cm³/mol. The number of aliphatic hydroxyl groups excluding tert-OH is 1. The van der Waals surface area contributed by atoms with Gasteiger partial charge in [-0.2, -0.15) is 11.3 Å². The summed E-state index contributed by atoms with van der Waals surface area (Å²) in [5.74, 6) is 0.683. The van der Waals surface area contributed by atoms with Crippen molar-refractivity contribution in [3.8, 4) is 11.5 Å². The van der Waals surface area contributed by atoms with Crippen molar-refractivity contribution in [1.82, 2.24) is 15.6 Å². The first-order valence-electron chi connectivity index (χ1n) is 12.9. The molecule has 39 heavy (non-hydrogen) atoms. The number of H-pyrrole nitrogens is 1. The summed E-state index contributed by atoms with van der Waals surface area (Å²) in [7, 11) is 0. The van der Waals surface area contributed by atoms with E-state index < -0.39 is 18.2 Å². The molecule has 2 aromatic heterocycles. The second kappa shape index (κ2) is 13.8. The molecule has 1 unspecified atom stereocenters. The molecular formula is C29H33N3O6S. The smallest absolute Gasteiger partial charge is 0.405 e. The van der Waals surface area contributed by atoms with E-state index in [1.54, 1.807) is 12.1 Å². The van der Waals surface area contributed by atoms with Crippen molar-refractivity contribution in [2.24, 2.45) is 0 Å². The van der Waals surface area contributed by atoms with Crippen molar-refractivity contribution >= 4 is 28.3 Å². The number of unbranched alkanes of at least 4 members (excludes halogenated alkanes) is 3. The van der Waals surface area contributed by atoms with Gasteiger partial charge in [-0.1, -0.05) is 31.0 Å². The summed E-state index contributed by atoms with van der Waals surface area (Å²) >= 11 is 1.52. The molecule has 0 radical (unpaired) electrons. The number of hydrogen-bond donors (Lipinski definition) is 6. The van der Waals surface area contributed by atoms with E-state index in [0.29, 0.717) is 35.4 Å². The van der Waals surface area contributed by atoms with Crippen LogP contribution in [0.25, 0.3) is 10.9 Å². The lowest BCUT2D eigenvalue weighted by Gasteiger charge is -2.17. The van der Waals surface area contributed by atoms with Gasteiger partial charge in [-0.3, -0.25) is 4.79 Å². The van der Waals surface area contributed by atoms with Crippen molar-refractivity contribution < 1.29 is 24.9 Å². The molecule has 0 aliphatic heterocycles. The molecule has 2 aromatic carbocycles. The van der Waals surface area contributed by atoms with Crippen LogP contribution in [-0.2, 0) is 0 Å². The molecule has 0 aliphatic rings. The van der Waals surface area contributed by atoms with Gasteiger partial charge >= 0.3 is 6.09 Å². The maximum absolute atomic E-state index is 11.6. The molecule has 0 saturated heterocycles. The van der Waals surface area contributed by atoms with Gasteiger partial charge in [-0.05, 0) is 77.2 Å². The predicted octanol–water partition coefficient (Wildman–Crippen LogP) is 4.91. The normalized spacial score (nSPS) is 12.7. The second-order valence-electron chi connectivity index (χ2n) is 9.28. The highest BCUT2D eigenvalue weighted by molar-refractivity contribution is 7.08. The summed E-state index contributed by atoms with van der Waals surface area (Å²) in [6.45, 7) is 1.69. The van der Waals surface area contributed by atoms with Crippen LogP contribution < -0.4 is 20.9 Å². The lowest BCUT2D eigenvalue weighted by molar-refractivity contribution is 0.176. The standard InChI is InChI=1S/C29H33N3O6S/c33-24-10-8-22(23-9-11-26(35)31-28(23)24)25(34)17-30-13-3-1-2-4-14-38-21-7-5-6-19(16-21)27(32-29(36)37)20-12-15-39-18-20/h5-12,15-16,18,25,27,30,32-34H,1-4,13-14,17H2,(H,31,35)(H,36,37)/t25-,27?/m0/s1. The van der Waals surface area contributed by atoms with Crippen molar-refractivity contribution in [2.45, 2.75) is 37.8 Å². The number of fused-ring (bicyclic) bond motifs is 1. The van der Waals surface area contributed by atoms with E-state index in [1.807, 2.05) is 41.1 Å². The second-order valence-corrected chi connectivity index (χ2v) is 10.1. The molecule has 0 bridgehead atoms. The number of ether oxygens (including phenoxy) is 1. The Kier molecular flexibility index (Phi) is 9.96. The topological polar surface area (TPSA) is 144 Å². The van der Waals surface area contributed by atoms with Gasteiger partial charge < -0.3 is 35.7 Å². The average molecular weight is 552 g/mol. The maximum Gasteiger partial charge on any atom is 0.405 e. The Morgan fingerprint density at radius 1 is 1.03 bits per heavy atom. The van der Waals surface area contributed by atoms with Gasteiger partial charge in [0, 0.05) is 18.0 Å². The lowest BCUT2D eigenvalue weighted by atomic mass is 10.0. The molecule has 4 aromatic rings. The number of aromatic amines is 1. The van der Waals surface area contributed by atoms with Crippen LogP contribution in [-0.4, -0.2) is 46.1 Å². The molecule has 9 nitrogen and oxygen atoms in total. The monoisotopic (exact) mass is 551 g/mol. The summed E-state index contributed by atoms with van der Waals surface area (Å²) in [6, 6.07) is 15.1. The molecular weight excluding hydrogens is 518 g/mol. The molecule has 2 heterocycles. The first-order valence-corrected chi connectivity index (χ1v) is 13.8. The number of pyridine rings is 1. The number of carbonyl (C=O) groups is 1. The molecule has 206 valence electrons. The quantitative estimate of drug-likeness (QED) is 0.122. The van der Waals surface area contributed by atoms with E-state index in [1.165, 1.54) is 23.5 Å². The zero-order valence-electron chi connectivity index (χ0n) is 21.4. The number of phenolic OH excluding ortho intramolecular Hbond substituents is 1. The number of amides is 1. The zero-order chi connectivity index (χ0) is 27.6. The largest absolute Gasteiger partial charge is 0.506 e. The van der Waals surface area contributed by atoms with E-state index in [0.717, 1.165) is 43.4 Å². The molecule has 0 saturated carbocycles. The number of thiophene rings is 1. The fraction of sp³-hybridized carbons (Fsp3) is 0.310. The fourth-order valence-corrected chi connectivity index (χ4v) is 5.19. The number of aliphatic hydroxyl groups is 1. The van der Waals surface area contributed by atoms with Gasteiger partial charge in [0.1, 0.15) is 11.5 Å². The summed E-state index contributed by atoms with van der Waals surface area (Å²) < 4.78 is 5.92. The SMILES string of the molecule is O=C(O)NC(c1ccsc1)c1cccc(OCCCCCCNC[C@H](O)c2ccc(O)c3[nH]c(=O)ccc23)c1. The van der Waals surface area contributed by atoms with Crippen LogP contribution in [0.15, 0.2) is 70.2 Å². The van der Waals surface area contributed by atoms with E-state index in [4.69, 9.17) is 4.74 Å². The maximum atomic E-state index is 11.6. The minimum absolute atomic E-state index is 0.0268. The van der Waals surface area contributed by atoms with Gasteiger partial charge in [0.15, 0.2) is 0 Å². The average Bonchev–Trinajstić information content (AvgIpc) is 3.46. The van der Waals surface area contributed by atoms with Crippen LogP contribution in [0.2, 0.25) is 0 Å². The molecule has 0 fully saturated rings. The third kappa shape index (κ3) is 7.82. The van der Waals surface area contributed by atoms with Crippen molar-refractivity contribution in [2.75, 3.05) is 19.7 Å². The Morgan fingerprint density at radius 2 is 1.87 bits per heavy atom. The molecule has 6 N–H and O–H groups in total. The van der Waals surface area contributed by atoms with Crippen LogP contribution in [0.4, 0.5) is 4.79 Å². The van der Waals surface area contributed by atoms with Crippen LogP contribution >= 0.6 is 11.3 Å². The minimum atomic E-state index is -1.08. The van der Waals surface area contributed by atoms with E-state index >= 15 is 0 Å². The number of phenols is 1. The number of aromatic nitrogens is 1. The zero-order valence-corrected chi connectivity index (χ0v) is 22.2. The third-order valence-corrected chi connectivity index (χ3v) is 7.16. The van der Waals surface area contributed by atoms with Crippen LogP contribution in [0.3, 0.4) is 0 Å². The van der Waals surface area contributed by atoms with Gasteiger partial charge in [0.25, 0.3) is 0 Å². The van der Waals surface area contributed by atoms with Crippen LogP contribution in [0, 0.1) is 0 Å². The van der Waals surface area contributed by atoms with Crippen molar-refractivity contribution in [1.29, 1.82) is 0 Å². The molecule has 2 atom stereocenters. The molecule has 10 heteroatoms. The molecule has 0 spiro atoms. The Bertz CT molecular complexity index is 1420. The summed E-state index contributed by atoms with van der Waals surface area (Å²) in [5.41, 5.74) is 2.39. The summed E-state index contributed by atoms with van der Waals surface area (Å²) in [4.78, 5) is 25.5. The summed E-state index contributed by atoms with van der Waals surface area (Å²) in [6.07, 6.45) is 2.01.